The van der Waals surface area contributed by atoms with Gasteiger partial charge in [-0.25, -0.2) is 0 Å². The summed E-state index contributed by atoms with van der Waals surface area (Å²) in [6.07, 6.45) is 8.44. The molecular formula is C17H22BrNO2. The molecule has 3 rings (SSSR count). The number of benzene rings is 1. The quantitative estimate of drug-likeness (QED) is 0.804. The Hall–Kier alpha value is -1.03. The Morgan fingerprint density at radius 3 is 2.43 bits per heavy atom. The number of halogens is 1. The standard InChI is InChI=1S/C17H22BrNO2/c1-21-14-9-10-16(18)15(11-14)17(20)19(13-7-8-13)12-5-3-2-4-6-12/h9-13H,2-8H2,1H3. The second-order valence-corrected chi connectivity index (χ2v) is 6.94. The van der Waals surface area contributed by atoms with Gasteiger partial charge in [-0.3, -0.25) is 4.79 Å². The summed E-state index contributed by atoms with van der Waals surface area (Å²) < 4.78 is 6.13. The van der Waals surface area contributed by atoms with Crippen LogP contribution >= 0.6 is 15.9 Å². The van der Waals surface area contributed by atoms with Crippen molar-refractivity contribution in [3.8, 4) is 5.75 Å². The zero-order valence-corrected chi connectivity index (χ0v) is 14.1. The monoisotopic (exact) mass is 351 g/mol. The SMILES string of the molecule is COc1ccc(Br)c(C(=O)N(C2CCCCC2)C2CC2)c1. The van der Waals surface area contributed by atoms with Crippen molar-refractivity contribution in [2.45, 2.75) is 57.0 Å². The van der Waals surface area contributed by atoms with Gasteiger partial charge in [-0.2, -0.15) is 0 Å². The first kappa shape index (κ1) is 14.9. The van der Waals surface area contributed by atoms with E-state index in [4.69, 9.17) is 4.74 Å². The van der Waals surface area contributed by atoms with Gasteiger partial charge < -0.3 is 9.64 Å². The summed E-state index contributed by atoms with van der Waals surface area (Å²) >= 11 is 3.52. The van der Waals surface area contributed by atoms with Crippen LogP contribution < -0.4 is 4.74 Å². The second kappa shape index (κ2) is 6.39. The van der Waals surface area contributed by atoms with Crippen LogP contribution in [0.2, 0.25) is 0 Å². The molecule has 2 aliphatic rings. The Balaban J connectivity index is 1.86. The van der Waals surface area contributed by atoms with E-state index in [-0.39, 0.29) is 5.91 Å². The van der Waals surface area contributed by atoms with Crippen LogP contribution in [0.25, 0.3) is 0 Å². The molecule has 0 bridgehead atoms. The normalized spacial score (nSPS) is 19.3. The molecule has 1 aromatic rings. The van der Waals surface area contributed by atoms with E-state index in [0.717, 1.165) is 41.5 Å². The van der Waals surface area contributed by atoms with E-state index in [1.807, 2.05) is 18.2 Å². The third-order valence-corrected chi connectivity index (χ3v) is 5.24. The minimum atomic E-state index is 0.162. The van der Waals surface area contributed by atoms with Gasteiger partial charge in [-0.1, -0.05) is 19.3 Å². The summed E-state index contributed by atoms with van der Waals surface area (Å²) in [5.74, 6) is 0.899. The molecule has 21 heavy (non-hydrogen) atoms. The number of hydrogen-bond donors (Lipinski definition) is 0. The third-order valence-electron chi connectivity index (χ3n) is 4.55. The minimum absolute atomic E-state index is 0.162. The van der Waals surface area contributed by atoms with Gasteiger partial charge in [0.1, 0.15) is 5.75 Å². The Bertz CT molecular complexity index is 522. The van der Waals surface area contributed by atoms with E-state index in [2.05, 4.69) is 20.8 Å². The summed E-state index contributed by atoms with van der Waals surface area (Å²) in [5, 5.41) is 0. The van der Waals surface area contributed by atoms with Gasteiger partial charge >= 0.3 is 0 Å². The summed E-state index contributed by atoms with van der Waals surface area (Å²) in [6, 6.07) is 6.52. The number of carbonyl (C=O) groups excluding carboxylic acids is 1. The van der Waals surface area contributed by atoms with Gasteiger partial charge in [0, 0.05) is 16.6 Å². The van der Waals surface area contributed by atoms with Crippen LogP contribution in [-0.4, -0.2) is 30.0 Å². The lowest BCUT2D eigenvalue weighted by Gasteiger charge is -2.35. The molecule has 1 aromatic carbocycles. The maximum absolute atomic E-state index is 13.1. The molecule has 114 valence electrons. The molecule has 0 N–H and O–H groups in total. The zero-order chi connectivity index (χ0) is 14.8. The topological polar surface area (TPSA) is 29.5 Å². The average Bonchev–Trinajstić information content (AvgIpc) is 3.34. The van der Waals surface area contributed by atoms with E-state index in [1.165, 1.54) is 19.3 Å². The lowest BCUT2D eigenvalue weighted by Crippen LogP contribution is -2.43. The Morgan fingerprint density at radius 1 is 1.14 bits per heavy atom. The summed E-state index contributed by atoms with van der Waals surface area (Å²) in [4.78, 5) is 15.2. The fraction of sp³-hybridized carbons (Fsp3) is 0.588. The predicted octanol–water partition coefficient (Wildman–Crippen LogP) is 4.40. The molecule has 1 amide bonds. The summed E-state index contributed by atoms with van der Waals surface area (Å²) in [5.41, 5.74) is 0.729. The summed E-state index contributed by atoms with van der Waals surface area (Å²) in [6.45, 7) is 0. The first-order valence-electron chi connectivity index (χ1n) is 7.87. The van der Waals surface area contributed by atoms with Gasteiger partial charge in [0.25, 0.3) is 5.91 Å². The lowest BCUT2D eigenvalue weighted by atomic mass is 9.93. The van der Waals surface area contributed by atoms with Crippen molar-refractivity contribution in [2.24, 2.45) is 0 Å². The van der Waals surface area contributed by atoms with E-state index in [0.29, 0.717) is 12.1 Å². The number of nitrogens with zero attached hydrogens (tertiary/aromatic N) is 1. The van der Waals surface area contributed by atoms with Crippen molar-refractivity contribution in [1.82, 2.24) is 4.90 Å². The van der Waals surface area contributed by atoms with Gasteiger partial charge in [0.2, 0.25) is 0 Å². The fourth-order valence-electron chi connectivity index (χ4n) is 3.28. The van der Waals surface area contributed by atoms with Crippen LogP contribution in [0.5, 0.6) is 5.75 Å². The fourth-order valence-corrected chi connectivity index (χ4v) is 3.69. The number of hydrogen-bond acceptors (Lipinski definition) is 2. The molecular weight excluding hydrogens is 330 g/mol. The molecule has 0 aliphatic heterocycles. The van der Waals surface area contributed by atoms with Gasteiger partial charge in [-0.15, -0.1) is 0 Å². The maximum Gasteiger partial charge on any atom is 0.255 e. The second-order valence-electron chi connectivity index (χ2n) is 6.08. The van der Waals surface area contributed by atoms with Crippen molar-refractivity contribution < 1.29 is 9.53 Å². The van der Waals surface area contributed by atoms with Crippen LogP contribution in [0.4, 0.5) is 0 Å². The lowest BCUT2D eigenvalue weighted by molar-refractivity contribution is 0.0612. The van der Waals surface area contributed by atoms with Crippen molar-refractivity contribution in [3.05, 3.63) is 28.2 Å². The highest BCUT2D eigenvalue weighted by Gasteiger charge is 2.38. The van der Waals surface area contributed by atoms with Gasteiger partial charge in [-0.05, 0) is 59.8 Å². The minimum Gasteiger partial charge on any atom is -0.497 e. The Labute approximate surface area is 134 Å². The van der Waals surface area contributed by atoms with Gasteiger partial charge in [0.05, 0.1) is 12.7 Å². The highest BCUT2D eigenvalue weighted by atomic mass is 79.9. The largest absolute Gasteiger partial charge is 0.497 e. The van der Waals surface area contributed by atoms with E-state index >= 15 is 0 Å². The molecule has 0 unspecified atom stereocenters. The first-order valence-corrected chi connectivity index (χ1v) is 8.66. The Kier molecular flexibility index (Phi) is 4.53. The van der Waals surface area contributed by atoms with E-state index < -0.39 is 0 Å². The van der Waals surface area contributed by atoms with Crippen molar-refractivity contribution in [3.63, 3.8) is 0 Å². The molecule has 0 radical (unpaired) electrons. The van der Waals surface area contributed by atoms with Crippen molar-refractivity contribution >= 4 is 21.8 Å². The molecule has 0 atom stereocenters. The molecule has 0 spiro atoms. The highest BCUT2D eigenvalue weighted by Crippen LogP contribution is 2.36. The first-order chi connectivity index (χ1) is 10.2. The number of rotatable bonds is 4. The van der Waals surface area contributed by atoms with Crippen LogP contribution in [0.1, 0.15) is 55.3 Å². The molecule has 0 saturated heterocycles. The molecule has 0 heterocycles. The molecule has 0 aromatic heterocycles. The molecule has 2 fully saturated rings. The number of carbonyl (C=O) groups is 1. The average molecular weight is 352 g/mol. The Morgan fingerprint density at radius 2 is 1.81 bits per heavy atom. The van der Waals surface area contributed by atoms with Crippen molar-refractivity contribution in [1.29, 1.82) is 0 Å². The number of ether oxygens (including phenoxy) is 1. The van der Waals surface area contributed by atoms with E-state index in [1.54, 1.807) is 7.11 Å². The van der Waals surface area contributed by atoms with Crippen LogP contribution in [-0.2, 0) is 0 Å². The smallest absolute Gasteiger partial charge is 0.255 e. The third kappa shape index (κ3) is 3.25. The molecule has 4 heteroatoms. The predicted molar refractivity (Wildman–Crippen MR) is 86.8 cm³/mol. The van der Waals surface area contributed by atoms with Gasteiger partial charge in [0.15, 0.2) is 0 Å². The molecule has 2 saturated carbocycles. The molecule has 3 nitrogen and oxygen atoms in total. The van der Waals surface area contributed by atoms with Crippen molar-refractivity contribution in [2.75, 3.05) is 7.11 Å². The molecule has 2 aliphatic carbocycles. The van der Waals surface area contributed by atoms with Crippen LogP contribution in [0.3, 0.4) is 0 Å². The number of amides is 1. The van der Waals surface area contributed by atoms with E-state index in [9.17, 15) is 4.79 Å². The van der Waals surface area contributed by atoms with Crippen LogP contribution in [0, 0.1) is 0 Å². The highest BCUT2D eigenvalue weighted by molar-refractivity contribution is 9.10. The maximum atomic E-state index is 13.1. The summed E-state index contributed by atoms with van der Waals surface area (Å²) in [7, 11) is 1.64. The number of methoxy groups -OCH3 is 1. The zero-order valence-electron chi connectivity index (χ0n) is 12.5. The van der Waals surface area contributed by atoms with Crippen LogP contribution in [0.15, 0.2) is 22.7 Å².